The van der Waals surface area contributed by atoms with Crippen LogP contribution in [0.25, 0.3) is 0 Å². The Labute approximate surface area is 152 Å². The molecule has 1 saturated carbocycles. The van der Waals surface area contributed by atoms with Crippen LogP contribution in [-0.2, 0) is 29.0 Å². The predicted octanol–water partition coefficient (Wildman–Crippen LogP) is 2.02. The first-order chi connectivity index (χ1) is 12.8. The van der Waals surface area contributed by atoms with E-state index in [2.05, 4.69) is 5.10 Å². The Hall–Kier alpha value is -2.34. The summed E-state index contributed by atoms with van der Waals surface area (Å²) in [5, 5.41) is 4.40. The van der Waals surface area contributed by atoms with E-state index in [1.54, 1.807) is 6.20 Å². The highest BCUT2D eigenvalue weighted by atomic mass is 16.5. The largest absolute Gasteiger partial charge is 0.480 e. The van der Waals surface area contributed by atoms with Gasteiger partial charge >= 0.3 is 0 Å². The molecule has 0 N–H and O–H groups in total. The van der Waals surface area contributed by atoms with Crippen molar-refractivity contribution in [2.75, 3.05) is 13.2 Å². The molecule has 1 aromatic heterocycles. The molecule has 0 radical (unpaired) electrons. The molecular formula is C20H23N3O3. The van der Waals surface area contributed by atoms with Crippen molar-refractivity contribution in [1.29, 1.82) is 0 Å². The molecule has 2 aromatic rings. The van der Waals surface area contributed by atoms with Crippen molar-refractivity contribution in [1.82, 2.24) is 14.7 Å². The molecule has 136 valence electrons. The quantitative estimate of drug-likeness (QED) is 0.844. The molecule has 6 nitrogen and oxygen atoms in total. The van der Waals surface area contributed by atoms with E-state index >= 15 is 0 Å². The van der Waals surface area contributed by atoms with Crippen molar-refractivity contribution < 1.29 is 14.3 Å². The van der Waals surface area contributed by atoms with Crippen molar-refractivity contribution in [3.05, 3.63) is 47.8 Å². The molecule has 2 aliphatic heterocycles. The van der Waals surface area contributed by atoms with Crippen LogP contribution in [0.5, 0.6) is 5.75 Å². The predicted molar refractivity (Wildman–Crippen MR) is 94.7 cm³/mol. The number of nitrogens with zero attached hydrogens (tertiary/aromatic N) is 3. The van der Waals surface area contributed by atoms with E-state index in [1.165, 1.54) is 12.8 Å². The monoisotopic (exact) mass is 353 g/mol. The van der Waals surface area contributed by atoms with E-state index in [4.69, 9.17) is 9.47 Å². The average molecular weight is 353 g/mol. The van der Waals surface area contributed by atoms with Crippen molar-refractivity contribution in [2.45, 2.75) is 44.6 Å². The summed E-state index contributed by atoms with van der Waals surface area (Å²) in [6.07, 6.45) is 4.49. The first kappa shape index (κ1) is 15.9. The zero-order valence-electron chi connectivity index (χ0n) is 14.7. The molecule has 6 heteroatoms. The Balaban J connectivity index is 1.32. The maximum atomic E-state index is 13.2. The second-order valence-corrected chi connectivity index (χ2v) is 7.54. The van der Waals surface area contributed by atoms with Gasteiger partial charge in [-0.3, -0.25) is 9.48 Å². The maximum Gasteiger partial charge on any atom is 0.264 e. The molecule has 1 amide bonds. The van der Waals surface area contributed by atoms with Crippen LogP contribution < -0.4 is 4.74 Å². The van der Waals surface area contributed by atoms with Crippen LogP contribution in [0, 0.1) is 5.92 Å². The van der Waals surface area contributed by atoms with Crippen LogP contribution in [-0.4, -0.2) is 45.9 Å². The molecule has 5 rings (SSSR count). The third kappa shape index (κ3) is 3.09. The Morgan fingerprint density at radius 2 is 2.12 bits per heavy atom. The molecule has 3 heterocycles. The van der Waals surface area contributed by atoms with Gasteiger partial charge in [0.1, 0.15) is 5.75 Å². The molecule has 1 fully saturated rings. The fourth-order valence-electron chi connectivity index (χ4n) is 3.77. The van der Waals surface area contributed by atoms with Gasteiger partial charge in [0.25, 0.3) is 5.91 Å². The van der Waals surface area contributed by atoms with Crippen LogP contribution >= 0.6 is 0 Å². The lowest BCUT2D eigenvalue weighted by Crippen LogP contribution is -2.44. The van der Waals surface area contributed by atoms with E-state index in [9.17, 15) is 4.79 Å². The molecule has 26 heavy (non-hydrogen) atoms. The molecule has 1 aromatic carbocycles. The third-order valence-corrected chi connectivity index (χ3v) is 5.46. The Kier molecular flexibility index (Phi) is 3.93. The number of fused-ring (bicyclic) bond motifs is 2. The van der Waals surface area contributed by atoms with E-state index < -0.39 is 6.10 Å². The van der Waals surface area contributed by atoms with E-state index in [-0.39, 0.29) is 12.0 Å². The summed E-state index contributed by atoms with van der Waals surface area (Å²) in [5.41, 5.74) is 2.15. The molecule has 0 bridgehead atoms. The number of carbonyl (C=O) groups excluding carboxylic acids is 1. The van der Waals surface area contributed by atoms with Crippen LogP contribution in [0.4, 0.5) is 0 Å². The summed E-state index contributed by atoms with van der Waals surface area (Å²) in [6, 6.07) is 9.87. The van der Waals surface area contributed by atoms with Crippen molar-refractivity contribution in [2.24, 2.45) is 5.92 Å². The second-order valence-electron chi connectivity index (χ2n) is 7.54. The van der Waals surface area contributed by atoms with Crippen LogP contribution in [0.1, 0.15) is 24.1 Å². The lowest BCUT2D eigenvalue weighted by molar-refractivity contribution is -0.140. The number of benzene rings is 1. The second kappa shape index (κ2) is 6.43. The number of ether oxygens (including phenoxy) is 2. The summed E-state index contributed by atoms with van der Waals surface area (Å²) in [6.45, 7) is 2.63. The summed E-state index contributed by atoms with van der Waals surface area (Å²) in [5.74, 6) is 1.57. The van der Waals surface area contributed by atoms with E-state index in [0.29, 0.717) is 32.0 Å². The number of rotatable bonds is 4. The summed E-state index contributed by atoms with van der Waals surface area (Å²) < 4.78 is 14.0. The van der Waals surface area contributed by atoms with Crippen molar-refractivity contribution in [3.63, 3.8) is 0 Å². The number of amides is 1. The van der Waals surface area contributed by atoms with Gasteiger partial charge in [-0.15, -0.1) is 0 Å². The number of hydrogen-bond acceptors (Lipinski definition) is 4. The number of hydrogen-bond donors (Lipinski definition) is 0. The minimum Gasteiger partial charge on any atom is -0.480 e. The van der Waals surface area contributed by atoms with Gasteiger partial charge in [0, 0.05) is 25.8 Å². The smallest absolute Gasteiger partial charge is 0.264 e. The van der Waals surface area contributed by atoms with Crippen molar-refractivity contribution in [3.8, 4) is 5.75 Å². The van der Waals surface area contributed by atoms with Gasteiger partial charge in [-0.2, -0.15) is 5.10 Å². The first-order valence-corrected chi connectivity index (χ1v) is 9.42. The van der Waals surface area contributed by atoms with Gasteiger partial charge in [-0.1, -0.05) is 18.2 Å². The summed E-state index contributed by atoms with van der Waals surface area (Å²) >= 11 is 0. The molecule has 2 atom stereocenters. The average Bonchev–Trinajstić information content (AvgIpc) is 3.28. The van der Waals surface area contributed by atoms with Gasteiger partial charge < -0.3 is 14.4 Å². The van der Waals surface area contributed by atoms with Gasteiger partial charge in [0.05, 0.1) is 24.9 Å². The van der Waals surface area contributed by atoms with E-state index in [1.807, 2.05) is 39.9 Å². The molecule has 3 aliphatic rings. The number of carbonyl (C=O) groups is 1. The third-order valence-electron chi connectivity index (χ3n) is 5.46. The molecular weight excluding hydrogens is 330 g/mol. The molecule has 1 aliphatic carbocycles. The van der Waals surface area contributed by atoms with Gasteiger partial charge in [0.2, 0.25) is 0 Å². The minimum absolute atomic E-state index is 0.0236. The fourth-order valence-corrected chi connectivity index (χ4v) is 3.77. The SMILES string of the molecule is O=C([C@H]1Cc2ccccc2O1)N1Cc2ccnn2C[C@@H](OCC2CC2)C1. The van der Waals surface area contributed by atoms with Crippen LogP contribution in [0.3, 0.4) is 0 Å². The van der Waals surface area contributed by atoms with Crippen LogP contribution in [0.15, 0.2) is 36.5 Å². The summed E-state index contributed by atoms with van der Waals surface area (Å²) in [7, 11) is 0. The maximum absolute atomic E-state index is 13.2. The van der Waals surface area contributed by atoms with Crippen LogP contribution in [0.2, 0.25) is 0 Å². The molecule has 0 unspecified atom stereocenters. The summed E-state index contributed by atoms with van der Waals surface area (Å²) in [4.78, 5) is 15.0. The molecule has 0 spiro atoms. The van der Waals surface area contributed by atoms with Gasteiger partial charge in [-0.05, 0) is 36.5 Å². The zero-order valence-corrected chi connectivity index (χ0v) is 14.7. The van der Waals surface area contributed by atoms with Crippen molar-refractivity contribution >= 4 is 5.91 Å². The van der Waals surface area contributed by atoms with Gasteiger partial charge in [0.15, 0.2) is 6.10 Å². The zero-order chi connectivity index (χ0) is 17.5. The van der Waals surface area contributed by atoms with E-state index in [0.717, 1.165) is 23.6 Å². The lowest BCUT2D eigenvalue weighted by atomic mass is 10.1. The Morgan fingerprint density at radius 3 is 2.96 bits per heavy atom. The number of aromatic nitrogens is 2. The standard InChI is InChI=1S/C20H23N3O3/c24-20(19-9-15-3-1-2-4-18(15)26-19)22-10-16-7-8-21-23(16)12-17(11-22)25-13-14-5-6-14/h1-4,7-8,14,17,19H,5-6,9-13H2/t17-,19+/m0/s1. The highest BCUT2D eigenvalue weighted by Crippen LogP contribution is 2.31. The number of para-hydroxylation sites is 1. The highest BCUT2D eigenvalue weighted by Gasteiger charge is 2.35. The molecule has 0 saturated heterocycles. The highest BCUT2D eigenvalue weighted by molar-refractivity contribution is 5.82. The Morgan fingerprint density at radius 1 is 1.23 bits per heavy atom. The topological polar surface area (TPSA) is 56.6 Å². The first-order valence-electron chi connectivity index (χ1n) is 9.42. The minimum atomic E-state index is -0.439. The van der Waals surface area contributed by atoms with Gasteiger partial charge in [-0.25, -0.2) is 0 Å². The lowest BCUT2D eigenvalue weighted by Gasteiger charge is -2.26. The Bertz CT molecular complexity index is 789. The fraction of sp³-hybridized carbons (Fsp3) is 0.500. The normalized spacial score (nSPS) is 24.5.